The zero-order valence-corrected chi connectivity index (χ0v) is 12.8. The molecular weight excluding hydrogens is 376 g/mol. The zero-order chi connectivity index (χ0) is 14.8. The van der Waals surface area contributed by atoms with Gasteiger partial charge in [-0.05, 0) is 22.6 Å². The summed E-state index contributed by atoms with van der Waals surface area (Å²) in [5, 5.41) is 0. The SMILES string of the molecule is CC(C)(C)c1nc(COCC(F)(F)F)[nH]c(=O)c1I. The number of alkyl halides is 3. The van der Waals surface area contributed by atoms with Crippen molar-refractivity contribution < 1.29 is 17.9 Å². The van der Waals surface area contributed by atoms with Crippen LogP contribution in [0.3, 0.4) is 0 Å². The van der Waals surface area contributed by atoms with E-state index in [9.17, 15) is 18.0 Å². The number of H-pyrrole nitrogens is 1. The van der Waals surface area contributed by atoms with E-state index in [-0.39, 0.29) is 23.4 Å². The van der Waals surface area contributed by atoms with Crippen molar-refractivity contribution in [3.63, 3.8) is 0 Å². The summed E-state index contributed by atoms with van der Waals surface area (Å²) in [6, 6.07) is 0. The summed E-state index contributed by atoms with van der Waals surface area (Å²) >= 11 is 1.87. The first-order valence-corrected chi connectivity index (χ1v) is 6.52. The number of hydrogen-bond donors (Lipinski definition) is 1. The summed E-state index contributed by atoms with van der Waals surface area (Å²) < 4.78 is 40.8. The Hall–Kier alpha value is -0.640. The lowest BCUT2D eigenvalue weighted by molar-refractivity contribution is -0.177. The third-order valence-corrected chi connectivity index (χ3v) is 3.13. The molecule has 0 aliphatic rings. The minimum absolute atomic E-state index is 0.0968. The number of halogens is 4. The van der Waals surface area contributed by atoms with Gasteiger partial charge in [0.1, 0.15) is 22.6 Å². The number of aromatic nitrogens is 2. The molecule has 0 saturated carbocycles. The predicted octanol–water partition coefficient (Wildman–Crippen LogP) is 2.75. The van der Waals surface area contributed by atoms with E-state index in [0.717, 1.165) is 0 Å². The monoisotopic (exact) mass is 390 g/mol. The largest absolute Gasteiger partial charge is 0.411 e. The molecular formula is C11H14F3IN2O2. The van der Waals surface area contributed by atoms with Gasteiger partial charge in [0, 0.05) is 5.41 Å². The van der Waals surface area contributed by atoms with Gasteiger partial charge >= 0.3 is 6.18 Å². The molecule has 0 radical (unpaired) electrons. The number of nitrogens with zero attached hydrogens (tertiary/aromatic N) is 1. The highest BCUT2D eigenvalue weighted by Crippen LogP contribution is 2.23. The quantitative estimate of drug-likeness (QED) is 0.808. The highest BCUT2D eigenvalue weighted by Gasteiger charge is 2.28. The van der Waals surface area contributed by atoms with Gasteiger partial charge in [0.25, 0.3) is 5.56 Å². The Bertz CT molecular complexity index is 506. The maximum atomic E-state index is 12.0. The average molecular weight is 390 g/mol. The van der Waals surface area contributed by atoms with Crippen molar-refractivity contribution in [2.24, 2.45) is 0 Å². The van der Waals surface area contributed by atoms with E-state index >= 15 is 0 Å². The molecule has 0 spiro atoms. The van der Waals surface area contributed by atoms with Crippen molar-refractivity contribution in [3.8, 4) is 0 Å². The van der Waals surface area contributed by atoms with E-state index in [2.05, 4.69) is 14.7 Å². The van der Waals surface area contributed by atoms with Crippen LogP contribution in [0.15, 0.2) is 4.79 Å². The molecule has 1 aromatic heterocycles. The van der Waals surface area contributed by atoms with Gasteiger partial charge in [-0.1, -0.05) is 20.8 Å². The number of hydrogen-bond acceptors (Lipinski definition) is 3. The number of rotatable bonds is 3. The smallest absolute Gasteiger partial charge is 0.364 e. The molecule has 0 aromatic carbocycles. The maximum Gasteiger partial charge on any atom is 0.411 e. The van der Waals surface area contributed by atoms with Gasteiger partial charge in [-0.3, -0.25) is 4.79 Å². The Morgan fingerprint density at radius 1 is 1.32 bits per heavy atom. The second kappa shape index (κ2) is 5.78. The van der Waals surface area contributed by atoms with Crippen molar-refractivity contribution in [2.45, 2.75) is 39.0 Å². The molecule has 0 atom stereocenters. The molecule has 1 heterocycles. The fraction of sp³-hybridized carbons (Fsp3) is 0.636. The molecule has 19 heavy (non-hydrogen) atoms. The van der Waals surface area contributed by atoms with Crippen LogP contribution in [0.1, 0.15) is 32.3 Å². The molecule has 8 heteroatoms. The lowest BCUT2D eigenvalue weighted by Crippen LogP contribution is -2.26. The van der Waals surface area contributed by atoms with E-state index in [1.165, 1.54) is 0 Å². The normalized spacial score (nSPS) is 12.8. The Morgan fingerprint density at radius 2 is 1.89 bits per heavy atom. The minimum Gasteiger partial charge on any atom is -0.364 e. The summed E-state index contributed by atoms with van der Waals surface area (Å²) in [6.07, 6.45) is -4.39. The van der Waals surface area contributed by atoms with Crippen LogP contribution in [0.4, 0.5) is 13.2 Å². The van der Waals surface area contributed by atoms with Crippen molar-refractivity contribution in [1.82, 2.24) is 9.97 Å². The van der Waals surface area contributed by atoms with Crippen LogP contribution in [-0.2, 0) is 16.8 Å². The van der Waals surface area contributed by atoms with Crippen molar-refractivity contribution in [3.05, 3.63) is 25.4 Å². The molecule has 0 aliphatic heterocycles. The second-order valence-electron chi connectivity index (χ2n) is 5.03. The maximum absolute atomic E-state index is 12.0. The number of nitrogens with one attached hydrogen (secondary N) is 1. The number of ether oxygens (including phenoxy) is 1. The fourth-order valence-electron chi connectivity index (χ4n) is 1.33. The summed E-state index contributed by atoms with van der Waals surface area (Å²) in [4.78, 5) is 18.3. The van der Waals surface area contributed by atoms with Crippen LogP contribution in [0.2, 0.25) is 0 Å². The Labute approximate surface area is 121 Å². The third-order valence-electron chi connectivity index (χ3n) is 2.13. The Morgan fingerprint density at radius 3 is 2.37 bits per heavy atom. The summed E-state index contributed by atoms with van der Waals surface area (Å²) in [5.74, 6) is 0.0968. The van der Waals surface area contributed by atoms with Crippen molar-refractivity contribution in [1.29, 1.82) is 0 Å². The second-order valence-corrected chi connectivity index (χ2v) is 6.11. The molecule has 0 aliphatic carbocycles. The standard InChI is InChI=1S/C11H14F3IN2O2/c1-10(2,3)8-7(15)9(18)17-6(16-8)4-19-5-11(12,13)14/h4-5H2,1-3H3,(H,16,17,18). The Balaban J connectivity index is 2.93. The topological polar surface area (TPSA) is 55.0 Å². The van der Waals surface area contributed by atoms with Gasteiger partial charge in [-0.25, -0.2) is 4.98 Å². The molecule has 0 unspecified atom stereocenters. The van der Waals surface area contributed by atoms with E-state index in [1.807, 2.05) is 43.4 Å². The summed E-state index contributed by atoms with van der Waals surface area (Å²) in [5.41, 5.74) is -0.197. The van der Waals surface area contributed by atoms with Crippen LogP contribution >= 0.6 is 22.6 Å². The van der Waals surface area contributed by atoms with Crippen LogP contribution < -0.4 is 5.56 Å². The van der Waals surface area contributed by atoms with Crippen LogP contribution in [0.25, 0.3) is 0 Å². The first-order valence-electron chi connectivity index (χ1n) is 5.44. The predicted molar refractivity (Wildman–Crippen MR) is 72.0 cm³/mol. The Kier molecular flexibility index (Phi) is 4.99. The minimum atomic E-state index is -4.39. The highest BCUT2D eigenvalue weighted by molar-refractivity contribution is 14.1. The first kappa shape index (κ1) is 16.4. The van der Waals surface area contributed by atoms with Gasteiger partial charge in [0.15, 0.2) is 0 Å². The van der Waals surface area contributed by atoms with Crippen molar-refractivity contribution >= 4 is 22.6 Å². The lowest BCUT2D eigenvalue weighted by Gasteiger charge is -2.19. The van der Waals surface area contributed by atoms with Gasteiger partial charge in [-0.2, -0.15) is 13.2 Å². The molecule has 1 aromatic rings. The first-order chi connectivity index (χ1) is 8.50. The molecule has 4 nitrogen and oxygen atoms in total. The summed E-state index contributed by atoms with van der Waals surface area (Å²) in [7, 11) is 0. The van der Waals surface area contributed by atoms with Crippen LogP contribution in [0.5, 0.6) is 0 Å². The molecule has 0 amide bonds. The van der Waals surface area contributed by atoms with Gasteiger partial charge in [-0.15, -0.1) is 0 Å². The van der Waals surface area contributed by atoms with E-state index < -0.39 is 12.8 Å². The molecule has 0 saturated heterocycles. The van der Waals surface area contributed by atoms with Gasteiger partial charge in [0.2, 0.25) is 0 Å². The van der Waals surface area contributed by atoms with Crippen LogP contribution in [-0.4, -0.2) is 22.8 Å². The van der Waals surface area contributed by atoms with Crippen molar-refractivity contribution in [2.75, 3.05) is 6.61 Å². The molecule has 108 valence electrons. The van der Waals surface area contributed by atoms with Crippen LogP contribution in [0, 0.1) is 3.57 Å². The molecule has 1 rings (SSSR count). The number of aromatic amines is 1. The third kappa shape index (κ3) is 5.09. The fourth-order valence-corrected chi connectivity index (χ4v) is 2.40. The summed E-state index contributed by atoms with van der Waals surface area (Å²) in [6.45, 7) is 3.87. The highest BCUT2D eigenvalue weighted by atomic mass is 127. The van der Waals surface area contributed by atoms with E-state index in [1.54, 1.807) is 0 Å². The molecule has 0 bridgehead atoms. The molecule has 1 N–H and O–H groups in total. The molecule has 0 fully saturated rings. The lowest BCUT2D eigenvalue weighted by atomic mass is 9.92. The van der Waals surface area contributed by atoms with E-state index in [4.69, 9.17) is 0 Å². The van der Waals surface area contributed by atoms with Gasteiger partial charge in [0.05, 0.1) is 5.69 Å². The van der Waals surface area contributed by atoms with E-state index in [0.29, 0.717) is 9.26 Å². The average Bonchev–Trinajstić information content (AvgIpc) is 2.19. The zero-order valence-electron chi connectivity index (χ0n) is 10.7. The van der Waals surface area contributed by atoms with Gasteiger partial charge < -0.3 is 9.72 Å².